The Hall–Kier alpha value is -2.34. The quantitative estimate of drug-likeness (QED) is 0.392. The third kappa shape index (κ3) is 2.51. The highest BCUT2D eigenvalue weighted by atomic mass is 35.5. The molecule has 5 heterocycles. The van der Waals surface area contributed by atoms with Gasteiger partial charge in [0.2, 0.25) is 0 Å². The number of pyridine rings is 2. The van der Waals surface area contributed by atoms with Gasteiger partial charge in [-0.15, -0.1) is 11.3 Å². The summed E-state index contributed by atoms with van der Waals surface area (Å²) in [6.45, 7) is 0. The highest BCUT2D eigenvalue weighted by Gasteiger charge is 2.24. The molecule has 5 aromatic heterocycles. The van der Waals surface area contributed by atoms with E-state index in [0.29, 0.717) is 10.0 Å². The first-order valence-corrected chi connectivity index (χ1v) is 9.63. The summed E-state index contributed by atoms with van der Waals surface area (Å²) in [5, 5.41) is 5.35. The fourth-order valence-corrected chi connectivity index (χ4v) is 4.58. The normalized spacial score (nSPS) is 11.8. The smallest absolute Gasteiger partial charge is 0.137 e. The molecule has 0 spiro atoms. The van der Waals surface area contributed by atoms with Crippen molar-refractivity contribution >= 4 is 56.6 Å². The molecule has 26 heavy (non-hydrogen) atoms. The van der Waals surface area contributed by atoms with E-state index < -0.39 is 0 Å². The van der Waals surface area contributed by atoms with E-state index in [1.807, 2.05) is 24.5 Å². The van der Waals surface area contributed by atoms with Crippen LogP contribution in [0.3, 0.4) is 0 Å². The Morgan fingerprint density at radius 2 is 1.46 bits per heavy atom. The molecule has 0 fully saturated rings. The summed E-state index contributed by atoms with van der Waals surface area (Å²) < 4.78 is 0. The van der Waals surface area contributed by atoms with Crippen LogP contribution in [0.2, 0.25) is 10.0 Å². The van der Waals surface area contributed by atoms with Crippen LogP contribution in [-0.4, -0.2) is 19.9 Å². The van der Waals surface area contributed by atoms with E-state index in [-0.39, 0.29) is 5.92 Å². The van der Waals surface area contributed by atoms with Crippen molar-refractivity contribution in [3.8, 4) is 0 Å². The van der Waals surface area contributed by atoms with Gasteiger partial charge in [-0.2, -0.15) is 0 Å². The lowest BCUT2D eigenvalue weighted by molar-refractivity contribution is 1.03. The maximum Gasteiger partial charge on any atom is 0.137 e. The largest absolute Gasteiger partial charge is 0.346 e. The first-order chi connectivity index (χ1) is 12.7. The summed E-state index contributed by atoms with van der Waals surface area (Å²) in [7, 11) is 0. The number of aromatic amines is 2. The second kappa shape index (κ2) is 6.13. The molecule has 0 saturated carbocycles. The standard InChI is InChI=1S/C19H12Cl2N4S/c20-10-4-12-14(8-24-18(12)22-6-10)17(16-2-1-3-26-16)15-9-25-19-13(15)5-11(21)7-23-19/h1-9,17H,(H,22,24)(H,23,25). The second-order valence-corrected chi connectivity index (χ2v) is 7.89. The van der Waals surface area contributed by atoms with Crippen LogP contribution in [-0.2, 0) is 0 Å². The zero-order valence-electron chi connectivity index (χ0n) is 13.3. The number of halogens is 2. The van der Waals surface area contributed by atoms with Gasteiger partial charge in [-0.1, -0.05) is 29.3 Å². The van der Waals surface area contributed by atoms with Crippen molar-refractivity contribution in [2.45, 2.75) is 5.92 Å². The minimum atomic E-state index is 0.0260. The Morgan fingerprint density at radius 1 is 0.885 bits per heavy atom. The molecule has 0 aliphatic carbocycles. The average Bonchev–Trinajstić information content (AvgIpc) is 3.37. The fraction of sp³-hybridized carbons (Fsp3) is 0.0526. The van der Waals surface area contributed by atoms with E-state index in [4.69, 9.17) is 23.2 Å². The van der Waals surface area contributed by atoms with E-state index in [9.17, 15) is 0 Å². The van der Waals surface area contributed by atoms with Gasteiger partial charge in [0.15, 0.2) is 0 Å². The third-order valence-corrected chi connectivity index (χ3v) is 5.86. The zero-order valence-corrected chi connectivity index (χ0v) is 15.7. The Balaban J connectivity index is 1.81. The van der Waals surface area contributed by atoms with Crippen molar-refractivity contribution in [1.82, 2.24) is 19.9 Å². The van der Waals surface area contributed by atoms with Crippen LogP contribution in [0.4, 0.5) is 0 Å². The van der Waals surface area contributed by atoms with Crippen molar-refractivity contribution in [2.75, 3.05) is 0 Å². The summed E-state index contributed by atoms with van der Waals surface area (Å²) in [6, 6.07) is 8.11. The fourth-order valence-electron chi connectivity index (χ4n) is 3.40. The first-order valence-electron chi connectivity index (χ1n) is 7.99. The third-order valence-electron chi connectivity index (χ3n) is 4.51. The maximum atomic E-state index is 6.21. The Morgan fingerprint density at radius 3 is 1.96 bits per heavy atom. The molecule has 0 saturated heterocycles. The van der Waals surface area contributed by atoms with Gasteiger partial charge < -0.3 is 9.97 Å². The average molecular weight is 399 g/mol. The number of rotatable bonds is 3. The molecule has 5 rings (SSSR count). The van der Waals surface area contributed by atoms with E-state index in [1.165, 1.54) is 4.88 Å². The molecule has 0 aliphatic heterocycles. The SMILES string of the molecule is Clc1cnc2[nH]cc(C(c3cccs3)c3c[nH]c4ncc(Cl)cc34)c2c1. The molecule has 4 nitrogen and oxygen atoms in total. The molecule has 0 radical (unpaired) electrons. The van der Waals surface area contributed by atoms with Crippen molar-refractivity contribution in [3.63, 3.8) is 0 Å². The molecule has 0 atom stereocenters. The van der Waals surface area contributed by atoms with Crippen LogP contribution >= 0.6 is 34.5 Å². The van der Waals surface area contributed by atoms with Gasteiger partial charge in [0.25, 0.3) is 0 Å². The van der Waals surface area contributed by atoms with Crippen molar-refractivity contribution < 1.29 is 0 Å². The molecule has 0 bridgehead atoms. The van der Waals surface area contributed by atoms with Crippen LogP contribution < -0.4 is 0 Å². The molecular weight excluding hydrogens is 387 g/mol. The minimum Gasteiger partial charge on any atom is -0.346 e. The summed E-state index contributed by atoms with van der Waals surface area (Å²) in [6.07, 6.45) is 7.32. The number of nitrogens with zero attached hydrogens (tertiary/aromatic N) is 2. The van der Waals surface area contributed by atoms with Crippen LogP contribution in [0.15, 0.2) is 54.4 Å². The first kappa shape index (κ1) is 15.9. The van der Waals surface area contributed by atoms with E-state index in [0.717, 1.165) is 33.2 Å². The second-order valence-electron chi connectivity index (χ2n) is 6.04. The van der Waals surface area contributed by atoms with Crippen LogP contribution in [0, 0.1) is 0 Å². The molecule has 0 aromatic carbocycles. The number of hydrogen-bond acceptors (Lipinski definition) is 3. The van der Waals surface area contributed by atoms with E-state index in [2.05, 4.69) is 37.4 Å². The minimum absolute atomic E-state index is 0.0260. The maximum absolute atomic E-state index is 6.21. The molecule has 0 unspecified atom stereocenters. The predicted octanol–water partition coefficient (Wildman–Crippen LogP) is 5.99. The van der Waals surface area contributed by atoms with Gasteiger partial charge >= 0.3 is 0 Å². The van der Waals surface area contributed by atoms with Crippen molar-refractivity contribution in [3.05, 3.63) is 80.5 Å². The van der Waals surface area contributed by atoms with Crippen LogP contribution in [0.5, 0.6) is 0 Å². The molecule has 7 heteroatoms. The van der Waals surface area contributed by atoms with E-state index in [1.54, 1.807) is 23.7 Å². The topological polar surface area (TPSA) is 57.4 Å². The summed E-state index contributed by atoms with van der Waals surface area (Å²) in [4.78, 5) is 16.5. The van der Waals surface area contributed by atoms with Gasteiger partial charge in [0.05, 0.1) is 10.0 Å². The number of nitrogens with one attached hydrogen (secondary N) is 2. The Labute approximate surface area is 162 Å². The molecule has 128 valence electrons. The molecule has 0 aliphatic rings. The number of H-pyrrole nitrogens is 2. The lowest BCUT2D eigenvalue weighted by Gasteiger charge is -2.15. The van der Waals surface area contributed by atoms with Crippen molar-refractivity contribution in [2.24, 2.45) is 0 Å². The van der Waals surface area contributed by atoms with Crippen LogP contribution in [0.25, 0.3) is 22.1 Å². The van der Waals surface area contributed by atoms with Gasteiger partial charge in [0.1, 0.15) is 11.3 Å². The highest BCUT2D eigenvalue weighted by molar-refractivity contribution is 7.10. The summed E-state index contributed by atoms with van der Waals surface area (Å²) in [5.74, 6) is 0.0260. The Bertz CT molecular complexity index is 1140. The number of hydrogen-bond donors (Lipinski definition) is 2. The molecular formula is C19H12Cl2N4S. The monoisotopic (exact) mass is 398 g/mol. The molecule has 0 amide bonds. The predicted molar refractivity (Wildman–Crippen MR) is 107 cm³/mol. The lowest BCUT2D eigenvalue weighted by Crippen LogP contribution is -2.00. The molecule has 2 N–H and O–H groups in total. The number of thiophene rings is 1. The van der Waals surface area contributed by atoms with Gasteiger partial charge in [-0.05, 0) is 34.7 Å². The summed E-state index contributed by atoms with van der Waals surface area (Å²) in [5.41, 5.74) is 3.89. The van der Waals surface area contributed by atoms with Crippen molar-refractivity contribution in [1.29, 1.82) is 0 Å². The number of aromatic nitrogens is 4. The van der Waals surface area contributed by atoms with Gasteiger partial charge in [-0.25, -0.2) is 9.97 Å². The van der Waals surface area contributed by atoms with Gasteiger partial charge in [-0.3, -0.25) is 0 Å². The molecule has 5 aromatic rings. The van der Waals surface area contributed by atoms with E-state index >= 15 is 0 Å². The van der Waals surface area contributed by atoms with Gasteiger partial charge in [0, 0.05) is 46.4 Å². The zero-order chi connectivity index (χ0) is 17.7. The Kier molecular flexibility index (Phi) is 3.74. The highest BCUT2D eigenvalue weighted by Crippen LogP contribution is 2.41. The lowest BCUT2D eigenvalue weighted by atomic mass is 9.90. The number of fused-ring (bicyclic) bond motifs is 2. The van der Waals surface area contributed by atoms with Crippen LogP contribution in [0.1, 0.15) is 21.9 Å². The summed E-state index contributed by atoms with van der Waals surface area (Å²) >= 11 is 14.1.